The van der Waals surface area contributed by atoms with E-state index >= 15 is 0 Å². The van der Waals surface area contributed by atoms with E-state index in [1.807, 2.05) is 12.3 Å². The quantitative estimate of drug-likeness (QED) is 0.171. The van der Waals surface area contributed by atoms with E-state index in [0.717, 1.165) is 60.8 Å². The van der Waals surface area contributed by atoms with Gasteiger partial charge >= 0.3 is 6.01 Å². The highest BCUT2D eigenvalue weighted by Crippen LogP contribution is 2.43. The van der Waals surface area contributed by atoms with E-state index in [1.54, 1.807) is 7.11 Å². The van der Waals surface area contributed by atoms with Crippen LogP contribution in [0.3, 0.4) is 0 Å². The molecule has 0 radical (unpaired) electrons. The van der Waals surface area contributed by atoms with Crippen molar-refractivity contribution in [3.8, 4) is 34.2 Å². The number of hydrogen-bond acceptors (Lipinski definition) is 4. The van der Waals surface area contributed by atoms with Crippen LogP contribution in [0.25, 0.3) is 72.1 Å². The van der Waals surface area contributed by atoms with Gasteiger partial charge in [-0.25, -0.2) is 9.55 Å². The number of hydrogen-bond donors (Lipinski definition) is 0. The first-order valence-electron chi connectivity index (χ1n) is 16.6. The van der Waals surface area contributed by atoms with Gasteiger partial charge in [-0.15, -0.1) is 0 Å². The number of fused-ring (bicyclic) bond motifs is 5. The van der Waals surface area contributed by atoms with Crippen LogP contribution in [0.1, 0.15) is 56.2 Å². The smallest absolute Gasteiger partial charge is 0.316 e. The molecule has 5 aromatic carbocycles. The Hall–Kier alpha value is -5.49. The second kappa shape index (κ2) is 11.3. The highest BCUT2D eigenvalue weighted by molar-refractivity contribution is 6.13. The molecule has 0 aliphatic carbocycles. The van der Waals surface area contributed by atoms with Crippen LogP contribution in [0.2, 0.25) is 0 Å². The van der Waals surface area contributed by atoms with E-state index in [4.69, 9.17) is 9.15 Å². The van der Waals surface area contributed by atoms with Crippen molar-refractivity contribution in [2.24, 2.45) is 7.05 Å². The van der Waals surface area contributed by atoms with Crippen molar-refractivity contribution < 1.29 is 13.7 Å². The average molecular weight is 632 g/mol. The van der Waals surface area contributed by atoms with Crippen molar-refractivity contribution in [3.05, 3.63) is 114 Å². The lowest BCUT2D eigenvalue weighted by molar-refractivity contribution is -0.633. The molecule has 6 heteroatoms. The SMILES string of the molecule is COc1ncc2cc3c(cc2n1)oc1c(-c2n(-c4c(C(C)C)cc(-c5ccccc5)cc4C(C)C)c4ccccc4[n+]2C)c(C)ccc13. The molecule has 238 valence electrons. The number of furan rings is 1. The monoisotopic (exact) mass is 631 g/mol. The number of aromatic nitrogens is 4. The molecule has 0 spiro atoms. The van der Waals surface area contributed by atoms with Crippen LogP contribution in [0.4, 0.5) is 0 Å². The van der Waals surface area contributed by atoms with Crippen molar-refractivity contribution in [1.29, 1.82) is 0 Å². The van der Waals surface area contributed by atoms with Gasteiger partial charge in [-0.3, -0.25) is 0 Å². The lowest BCUT2D eigenvalue weighted by Gasteiger charge is -2.21. The first kappa shape index (κ1) is 29.9. The van der Waals surface area contributed by atoms with E-state index in [-0.39, 0.29) is 11.8 Å². The van der Waals surface area contributed by atoms with Crippen LogP contribution in [0.15, 0.2) is 102 Å². The minimum Gasteiger partial charge on any atom is -0.467 e. The Morgan fingerprint density at radius 1 is 0.792 bits per heavy atom. The molecule has 0 unspecified atom stereocenters. The second-order valence-corrected chi connectivity index (χ2v) is 13.4. The van der Waals surface area contributed by atoms with Crippen LogP contribution in [-0.2, 0) is 7.05 Å². The molecular weight excluding hydrogens is 592 g/mol. The summed E-state index contributed by atoms with van der Waals surface area (Å²) >= 11 is 0. The van der Waals surface area contributed by atoms with Gasteiger partial charge in [0.05, 0.1) is 19.7 Å². The summed E-state index contributed by atoms with van der Waals surface area (Å²) in [4.78, 5) is 8.95. The third-order valence-corrected chi connectivity index (χ3v) is 9.69. The number of para-hydroxylation sites is 2. The predicted molar refractivity (Wildman–Crippen MR) is 195 cm³/mol. The molecule has 0 bridgehead atoms. The zero-order valence-electron chi connectivity index (χ0n) is 28.5. The second-order valence-electron chi connectivity index (χ2n) is 13.4. The van der Waals surface area contributed by atoms with Crippen molar-refractivity contribution in [2.45, 2.75) is 46.5 Å². The van der Waals surface area contributed by atoms with Crippen LogP contribution >= 0.6 is 0 Å². The number of nitrogens with zero attached hydrogens (tertiary/aromatic N) is 4. The largest absolute Gasteiger partial charge is 0.467 e. The molecule has 3 heterocycles. The maximum absolute atomic E-state index is 6.85. The summed E-state index contributed by atoms with van der Waals surface area (Å²) in [5.41, 5.74) is 13.3. The number of imidazole rings is 1. The van der Waals surface area contributed by atoms with E-state index < -0.39 is 0 Å². The summed E-state index contributed by atoms with van der Waals surface area (Å²) in [5.74, 6) is 1.66. The lowest BCUT2D eigenvalue weighted by atomic mass is 9.88. The van der Waals surface area contributed by atoms with Gasteiger partial charge in [0.1, 0.15) is 16.8 Å². The standard InChI is InChI=1S/C42H39N4O2/c1-24(2)31-19-28(27-13-9-8-10-14-27)20-32(25(3)4)39(31)46-36-16-12-11-15-35(36)45(6)41(46)38-26(5)17-18-30-33-21-29-23-43-42(47-7)44-34(29)22-37(33)48-40(30)38/h8-25H,1-7H3/q+1. The molecule has 0 aliphatic heterocycles. The maximum Gasteiger partial charge on any atom is 0.316 e. The van der Waals surface area contributed by atoms with Gasteiger partial charge < -0.3 is 9.15 Å². The zero-order valence-corrected chi connectivity index (χ0v) is 28.5. The molecular formula is C42H39N4O2+. The van der Waals surface area contributed by atoms with Crippen molar-refractivity contribution in [1.82, 2.24) is 14.5 Å². The van der Waals surface area contributed by atoms with Gasteiger partial charge in [0.2, 0.25) is 0 Å². The van der Waals surface area contributed by atoms with E-state index in [2.05, 4.69) is 146 Å². The number of benzene rings is 5. The molecule has 8 rings (SSSR count). The number of aryl methyl sites for hydroxylation is 2. The van der Waals surface area contributed by atoms with Gasteiger partial charge in [-0.2, -0.15) is 9.55 Å². The Kier molecular flexibility index (Phi) is 7.06. The Balaban J connectivity index is 1.49. The zero-order chi connectivity index (χ0) is 33.3. The number of methoxy groups -OCH3 is 1. The topological polar surface area (TPSA) is 57.0 Å². The fourth-order valence-corrected chi connectivity index (χ4v) is 7.26. The molecule has 0 aliphatic rings. The minimum atomic E-state index is 0.286. The molecule has 0 saturated carbocycles. The molecule has 8 aromatic rings. The summed E-state index contributed by atoms with van der Waals surface area (Å²) in [7, 11) is 3.76. The van der Waals surface area contributed by atoms with Gasteiger partial charge in [-0.1, -0.05) is 82.3 Å². The normalized spacial score (nSPS) is 12.0. The van der Waals surface area contributed by atoms with E-state index in [0.29, 0.717) is 6.01 Å². The molecule has 0 amide bonds. The minimum absolute atomic E-state index is 0.286. The van der Waals surface area contributed by atoms with Gasteiger partial charge in [0, 0.05) is 39.5 Å². The maximum atomic E-state index is 6.85. The summed E-state index contributed by atoms with van der Waals surface area (Å²) in [6.45, 7) is 11.4. The first-order valence-corrected chi connectivity index (χ1v) is 16.6. The Labute approximate surface area is 280 Å². The molecule has 0 atom stereocenters. The van der Waals surface area contributed by atoms with E-state index in [1.165, 1.54) is 27.9 Å². The van der Waals surface area contributed by atoms with Crippen LogP contribution in [0.5, 0.6) is 6.01 Å². The summed E-state index contributed by atoms with van der Waals surface area (Å²) in [5, 5.41) is 3.04. The Morgan fingerprint density at radius 2 is 1.50 bits per heavy atom. The third kappa shape index (κ3) is 4.58. The Bertz CT molecular complexity index is 2490. The molecule has 0 fully saturated rings. The lowest BCUT2D eigenvalue weighted by Crippen LogP contribution is -2.30. The van der Waals surface area contributed by atoms with Crippen LogP contribution < -0.4 is 9.30 Å². The average Bonchev–Trinajstić information content (AvgIpc) is 3.60. The summed E-state index contributed by atoms with van der Waals surface area (Å²) < 4.78 is 17.0. The van der Waals surface area contributed by atoms with Gasteiger partial charge in [0.25, 0.3) is 5.82 Å². The molecule has 3 aromatic heterocycles. The Morgan fingerprint density at radius 3 is 2.21 bits per heavy atom. The molecule has 6 nitrogen and oxygen atoms in total. The first-order chi connectivity index (χ1) is 23.2. The van der Waals surface area contributed by atoms with Gasteiger partial charge in [-0.05, 0) is 65.8 Å². The third-order valence-electron chi connectivity index (χ3n) is 9.69. The highest BCUT2D eigenvalue weighted by Gasteiger charge is 2.34. The van der Waals surface area contributed by atoms with E-state index in [9.17, 15) is 0 Å². The van der Waals surface area contributed by atoms with Crippen molar-refractivity contribution in [2.75, 3.05) is 7.11 Å². The summed E-state index contributed by atoms with van der Waals surface area (Å²) in [6, 6.07) is 33.1. The number of rotatable bonds is 6. The predicted octanol–water partition coefficient (Wildman–Crippen LogP) is 10.2. The molecule has 48 heavy (non-hydrogen) atoms. The number of ether oxygens (including phenoxy) is 1. The van der Waals surface area contributed by atoms with Crippen molar-refractivity contribution >= 4 is 43.9 Å². The van der Waals surface area contributed by atoms with Crippen LogP contribution in [0, 0.1) is 6.92 Å². The summed E-state index contributed by atoms with van der Waals surface area (Å²) in [6.07, 6.45) is 1.81. The van der Waals surface area contributed by atoms with Crippen molar-refractivity contribution in [3.63, 3.8) is 0 Å². The van der Waals surface area contributed by atoms with Crippen LogP contribution in [-0.4, -0.2) is 21.6 Å². The van der Waals surface area contributed by atoms with Gasteiger partial charge in [0.15, 0.2) is 16.6 Å². The fourth-order valence-electron chi connectivity index (χ4n) is 7.26. The fraction of sp³-hybridized carbons (Fsp3) is 0.214. The molecule has 0 saturated heterocycles. The molecule has 0 N–H and O–H groups in total. The highest BCUT2D eigenvalue weighted by atomic mass is 16.5.